The van der Waals surface area contributed by atoms with Gasteiger partial charge in [-0.3, -0.25) is 9.69 Å². The summed E-state index contributed by atoms with van der Waals surface area (Å²) >= 11 is 6.14. The summed E-state index contributed by atoms with van der Waals surface area (Å²) in [6.45, 7) is 8.60. The van der Waals surface area contributed by atoms with Gasteiger partial charge in [-0.05, 0) is 49.0 Å². The summed E-state index contributed by atoms with van der Waals surface area (Å²) in [5, 5.41) is 3.76. The topological polar surface area (TPSA) is 58.4 Å². The van der Waals surface area contributed by atoms with Crippen molar-refractivity contribution in [2.45, 2.75) is 45.7 Å². The van der Waals surface area contributed by atoms with Gasteiger partial charge in [-0.25, -0.2) is 0 Å². The summed E-state index contributed by atoms with van der Waals surface area (Å²) in [5.74, 6) is -0.0938. The third-order valence-corrected chi connectivity index (χ3v) is 4.74. The predicted octanol–water partition coefficient (Wildman–Crippen LogP) is 2.97. The van der Waals surface area contributed by atoms with Crippen molar-refractivity contribution in [3.05, 3.63) is 34.9 Å². The van der Waals surface area contributed by atoms with E-state index < -0.39 is 6.04 Å². The van der Waals surface area contributed by atoms with Crippen LogP contribution in [0.2, 0.25) is 5.02 Å². The van der Waals surface area contributed by atoms with E-state index in [4.69, 9.17) is 17.3 Å². The molecule has 128 valence electrons. The van der Waals surface area contributed by atoms with Crippen molar-refractivity contribution in [3.8, 4) is 0 Å². The first-order valence-electron chi connectivity index (χ1n) is 8.32. The van der Waals surface area contributed by atoms with Crippen LogP contribution in [0.5, 0.6) is 0 Å². The molecule has 2 atom stereocenters. The molecule has 1 fully saturated rings. The van der Waals surface area contributed by atoms with Gasteiger partial charge in [0.15, 0.2) is 0 Å². The fourth-order valence-corrected chi connectivity index (χ4v) is 3.12. The predicted molar refractivity (Wildman–Crippen MR) is 95.4 cm³/mol. The highest BCUT2D eigenvalue weighted by atomic mass is 35.5. The average Bonchev–Trinajstić information content (AvgIpc) is 2.99. The monoisotopic (exact) mass is 337 g/mol. The Morgan fingerprint density at radius 2 is 2.00 bits per heavy atom. The van der Waals surface area contributed by atoms with Gasteiger partial charge in [0.2, 0.25) is 5.91 Å². The van der Waals surface area contributed by atoms with Crippen LogP contribution in [0.3, 0.4) is 0 Å². The van der Waals surface area contributed by atoms with Crippen molar-refractivity contribution >= 4 is 17.5 Å². The van der Waals surface area contributed by atoms with Gasteiger partial charge < -0.3 is 11.1 Å². The van der Waals surface area contributed by atoms with Gasteiger partial charge in [0.1, 0.15) is 0 Å². The molecule has 0 aliphatic carbocycles. The van der Waals surface area contributed by atoms with Crippen molar-refractivity contribution in [3.63, 3.8) is 0 Å². The Balaban J connectivity index is 2.08. The Morgan fingerprint density at radius 1 is 1.35 bits per heavy atom. The minimum absolute atomic E-state index is 0.0938. The van der Waals surface area contributed by atoms with Gasteiger partial charge in [0.25, 0.3) is 0 Å². The largest absolute Gasteiger partial charge is 0.353 e. The van der Waals surface area contributed by atoms with E-state index in [-0.39, 0.29) is 17.4 Å². The van der Waals surface area contributed by atoms with Crippen molar-refractivity contribution in [1.82, 2.24) is 10.2 Å². The minimum Gasteiger partial charge on any atom is -0.353 e. The summed E-state index contributed by atoms with van der Waals surface area (Å²) in [6, 6.07) is 7.53. The van der Waals surface area contributed by atoms with Crippen LogP contribution in [-0.4, -0.2) is 36.5 Å². The number of carbonyl (C=O) groups excluding carboxylic acids is 1. The van der Waals surface area contributed by atoms with E-state index in [2.05, 4.69) is 16.3 Å². The molecule has 23 heavy (non-hydrogen) atoms. The molecule has 1 aromatic carbocycles. The average molecular weight is 338 g/mol. The number of nitrogens with one attached hydrogen (secondary N) is 1. The molecule has 4 nitrogen and oxygen atoms in total. The van der Waals surface area contributed by atoms with Gasteiger partial charge in [-0.2, -0.15) is 0 Å². The van der Waals surface area contributed by atoms with Crippen molar-refractivity contribution in [2.75, 3.05) is 19.6 Å². The van der Waals surface area contributed by atoms with E-state index >= 15 is 0 Å². The zero-order valence-electron chi connectivity index (χ0n) is 14.3. The summed E-state index contributed by atoms with van der Waals surface area (Å²) in [5.41, 5.74) is 6.95. The zero-order chi connectivity index (χ0) is 17.0. The van der Waals surface area contributed by atoms with E-state index in [1.165, 1.54) is 12.8 Å². The first-order chi connectivity index (χ1) is 10.8. The van der Waals surface area contributed by atoms with E-state index in [1.807, 2.05) is 39.0 Å². The number of benzene rings is 1. The van der Waals surface area contributed by atoms with Crippen LogP contribution in [0.15, 0.2) is 24.3 Å². The number of nitrogens with two attached hydrogens (primary N) is 1. The highest BCUT2D eigenvalue weighted by Crippen LogP contribution is 2.26. The molecule has 1 amide bonds. The molecule has 2 rings (SSSR count). The Labute approximate surface area is 144 Å². The lowest BCUT2D eigenvalue weighted by molar-refractivity contribution is -0.124. The molecule has 1 heterocycles. The molecule has 5 heteroatoms. The quantitative estimate of drug-likeness (QED) is 0.868. The molecule has 0 aromatic heterocycles. The molecule has 0 saturated carbocycles. The Bertz CT molecular complexity index is 535. The number of hydrogen-bond acceptors (Lipinski definition) is 3. The fourth-order valence-electron chi connectivity index (χ4n) is 2.93. The number of nitrogens with zero attached hydrogens (tertiary/aromatic N) is 1. The highest BCUT2D eigenvalue weighted by molar-refractivity contribution is 6.30. The van der Waals surface area contributed by atoms with Crippen LogP contribution >= 0.6 is 11.6 Å². The van der Waals surface area contributed by atoms with Crippen molar-refractivity contribution in [1.29, 1.82) is 0 Å². The lowest BCUT2D eigenvalue weighted by atomic mass is 9.87. The van der Waals surface area contributed by atoms with Gasteiger partial charge in [0, 0.05) is 11.6 Å². The summed E-state index contributed by atoms with van der Waals surface area (Å²) < 4.78 is 0. The molecular formula is C18H28ClN3O. The van der Waals surface area contributed by atoms with Gasteiger partial charge in [0.05, 0.1) is 12.1 Å². The maximum absolute atomic E-state index is 12.3. The zero-order valence-corrected chi connectivity index (χ0v) is 15.1. The molecule has 1 aliphatic rings. The number of halogens is 1. The second-order valence-electron chi connectivity index (χ2n) is 7.40. The maximum Gasteiger partial charge on any atom is 0.237 e. The normalized spacial score (nSPS) is 18.7. The van der Waals surface area contributed by atoms with Crippen molar-refractivity contribution < 1.29 is 4.79 Å². The van der Waals surface area contributed by atoms with E-state index in [1.54, 1.807) is 0 Å². The molecule has 1 unspecified atom stereocenters. The lowest BCUT2D eigenvalue weighted by Crippen LogP contribution is -2.50. The SMILES string of the molecule is CC(C)(C)[C@H](N)C(=O)NCC(c1cccc(Cl)c1)N1CCCC1. The van der Waals surface area contributed by atoms with Gasteiger partial charge >= 0.3 is 0 Å². The van der Waals surface area contributed by atoms with E-state index in [0.717, 1.165) is 23.7 Å². The van der Waals surface area contributed by atoms with Crippen molar-refractivity contribution in [2.24, 2.45) is 11.1 Å². The number of amides is 1. The van der Waals surface area contributed by atoms with E-state index in [0.29, 0.717) is 6.54 Å². The number of carbonyl (C=O) groups is 1. The molecule has 0 spiro atoms. The van der Waals surface area contributed by atoms with Gasteiger partial charge in [-0.15, -0.1) is 0 Å². The second kappa shape index (κ2) is 7.65. The van der Waals surface area contributed by atoms with Crippen LogP contribution < -0.4 is 11.1 Å². The van der Waals surface area contributed by atoms with Crippen LogP contribution in [0.1, 0.15) is 45.2 Å². The molecule has 3 N–H and O–H groups in total. The summed E-state index contributed by atoms with van der Waals surface area (Å²) in [4.78, 5) is 14.7. The second-order valence-corrected chi connectivity index (χ2v) is 7.84. The van der Waals surface area contributed by atoms with Crippen LogP contribution in [0.4, 0.5) is 0 Å². The molecule has 1 saturated heterocycles. The fraction of sp³-hybridized carbons (Fsp3) is 0.611. The van der Waals surface area contributed by atoms with Crippen LogP contribution in [0, 0.1) is 5.41 Å². The smallest absolute Gasteiger partial charge is 0.237 e. The van der Waals surface area contributed by atoms with Crippen LogP contribution in [0.25, 0.3) is 0 Å². The Morgan fingerprint density at radius 3 is 2.57 bits per heavy atom. The molecule has 0 radical (unpaired) electrons. The van der Waals surface area contributed by atoms with Crippen LogP contribution in [-0.2, 0) is 4.79 Å². The third-order valence-electron chi connectivity index (χ3n) is 4.50. The minimum atomic E-state index is -0.513. The first kappa shape index (κ1) is 18.2. The third kappa shape index (κ3) is 4.93. The Hall–Kier alpha value is -1.10. The number of rotatable bonds is 5. The molecule has 1 aliphatic heterocycles. The number of likely N-dealkylation sites (tertiary alicyclic amines) is 1. The lowest BCUT2D eigenvalue weighted by Gasteiger charge is -2.30. The molecule has 1 aromatic rings. The van der Waals surface area contributed by atoms with E-state index in [9.17, 15) is 4.79 Å². The molecular weight excluding hydrogens is 310 g/mol. The Kier molecular flexibility index (Phi) is 6.06. The standard InChI is InChI=1S/C18H28ClN3O/c1-18(2,3)16(20)17(23)21-12-15(22-9-4-5-10-22)13-7-6-8-14(19)11-13/h6-8,11,15-16H,4-5,9-10,12,20H2,1-3H3,(H,21,23)/t15?,16-/m1/s1. The molecule has 0 bridgehead atoms. The highest BCUT2D eigenvalue weighted by Gasteiger charge is 2.29. The van der Waals surface area contributed by atoms with Gasteiger partial charge in [-0.1, -0.05) is 44.5 Å². The summed E-state index contributed by atoms with van der Waals surface area (Å²) in [6.07, 6.45) is 2.40. The number of hydrogen-bond donors (Lipinski definition) is 2. The summed E-state index contributed by atoms with van der Waals surface area (Å²) in [7, 11) is 0. The first-order valence-corrected chi connectivity index (χ1v) is 8.69. The maximum atomic E-state index is 12.3.